The van der Waals surface area contributed by atoms with Gasteiger partial charge in [0.1, 0.15) is 15.6 Å². The lowest BCUT2D eigenvalue weighted by molar-refractivity contribution is -0.0504. The zero-order valence-corrected chi connectivity index (χ0v) is 18.7. The second kappa shape index (κ2) is 12.0. The molecule has 2 N–H and O–H groups in total. The fourth-order valence-corrected chi connectivity index (χ4v) is 3.16. The van der Waals surface area contributed by atoms with Crippen LogP contribution >= 0.6 is 47.2 Å². The van der Waals surface area contributed by atoms with Crippen LogP contribution in [-0.4, -0.2) is 46.6 Å². The van der Waals surface area contributed by atoms with Crippen LogP contribution in [0.15, 0.2) is 17.1 Å². The molecule has 0 amide bonds. The molecule has 0 radical (unpaired) electrons. The summed E-state index contributed by atoms with van der Waals surface area (Å²) in [6.45, 7) is -2.57. The third-order valence-corrected chi connectivity index (χ3v) is 4.48. The predicted octanol–water partition coefficient (Wildman–Crippen LogP) is 3.31. The van der Waals surface area contributed by atoms with Gasteiger partial charge in [0.2, 0.25) is 0 Å². The zero-order chi connectivity index (χ0) is 19.0. The molecule has 0 fully saturated rings. The molecule has 0 aromatic heterocycles. The van der Waals surface area contributed by atoms with Gasteiger partial charge in [-0.3, -0.25) is 4.99 Å². The second-order valence-corrected chi connectivity index (χ2v) is 8.19. The van der Waals surface area contributed by atoms with Gasteiger partial charge in [-0.15, -0.1) is 24.0 Å². The minimum absolute atomic E-state index is 0. The fraction of sp³-hybridized carbons (Fsp3) is 0.500. The molecular formula is C14H20Cl2F2IN3O3S. The molecule has 6 nitrogen and oxygen atoms in total. The summed E-state index contributed by atoms with van der Waals surface area (Å²) in [5.74, 6) is 0.251. The van der Waals surface area contributed by atoms with E-state index in [4.69, 9.17) is 23.2 Å². The third-order valence-electron chi connectivity index (χ3n) is 2.95. The van der Waals surface area contributed by atoms with Crippen LogP contribution in [0.3, 0.4) is 0 Å². The quantitative estimate of drug-likeness (QED) is 0.227. The van der Waals surface area contributed by atoms with E-state index in [0.717, 1.165) is 6.26 Å². The molecule has 0 bridgehead atoms. The molecule has 1 aromatic rings. The largest absolute Gasteiger partial charge is 0.433 e. The average Bonchev–Trinajstić information content (AvgIpc) is 2.48. The first kappa shape index (κ1) is 25.4. The normalized spacial score (nSPS) is 11.9. The number of rotatable bonds is 8. The lowest BCUT2D eigenvalue weighted by Gasteiger charge is -2.16. The number of sulfone groups is 1. The molecule has 12 heteroatoms. The van der Waals surface area contributed by atoms with Crippen LogP contribution < -0.4 is 15.4 Å². The Bertz CT molecular complexity index is 722. The van der Waals surface area contributed by atoms with Crippen molar-refractivity contribution in [3.8, 4) is 5.75 Å². The molecule has 0 spiro atoms. The highest BCUT2D eigenvalue weighted by atomic mass is 127. The van der Waals surface area contributed by atoms with Gasteiger partial charge in [-0.05, 0) is 18.6 Å². The van der Waals surface area contributed by atoms with E-state index >= 15 is 0 Å². The first-order chi connectivity index (χ1) is 11.6. The van der Waals surface area contributed by atoms with E-state index in [9.17, 15) is 17.2 Å². The summed E-state index contributed by atoms with van der Waals surface area (Å²) in [7, 11) is -1.51. The average molecular weight is 546 g/mol. The number of aliphatic imine (C=N–C) groups is 1. The Morgan fingerprint density at radius 3 is 2.50 bits per heavy atom. The highest BCUT2D eigenvalue weighted by molar-refractivity contribution is 14.0. The van der Waals surface area contributed by atoms with Crippen molar-refractivity contribution < 1.29 is 21.9 Å². The Labute approximate surface area is 178 Å². The van der Waals surface area contributed by atoms with Gasteiger partial charge in [-0.1, -0.05) is 23.2 Å². The SMILES string of the molecule is CN=C(NCCCS(C)(=O)=O)NCc1cc(Cl)cc(Cl)c1OC(F)F.I. The van der Waals surface area contributed by atoms with Crippen molar-refractivity contribution in [2.75, 3.05) is 25.6 Å². The number of hydrogen-bond donors (Lipinski definition) is 2. The first-order valence-electron chi connectivity index (χ1n) is 7.17. The maximum absolute atomic E-state index is 12.5. The third kappa shape index (κ3) is 9.93. The van der Waals surface area contributed by atoms with Crippen molar-refractivity contribution in [1.82, 2.24) is 10.6 Å². The molecule has 0 aliphatic carbocycles. The van der Waals surface area contributed by atoms with Crippen molar-refractivity contribution in [2.24, 2.45) is 4.99 Å². The number of nitrogens with one attached hydrogen (secondary N) is 2. The second-order valence-electron chi connectivity index (χ2n) is 5.09. The lowest BCUT2D eigenvalue weighted by atomic mass is 10.2. The summed E-state index contributed by atoms with van der Waals surface area (Å²) >= 11 is 11.8. The Morgan fingerprint density at radius 1 is 1.31 bits per heavy atom. The molecule has 150 valence electrons. The van der Waals surface area contributed by atoms with Gasteiger partial charge in [0.15, 0.2) is 5.96 Å². The smallest absolute Gasteiger partial charge is 0.387 e. The fourth-order valence-electron chi connectivity index (χ4n) is 1.91. The Kier molecular flexibility index (Phi) is 11.7. The summed E-state index contributed by atoms with van der Waals surface area (Å²) in [5.41, 5.74) is 0.330. The van der Waals surface area contributed by atoms with E-state index in [2.05, 4.69) is 20.4 Å². The highest BCUT2D eigenvalue weighted by Gasteiger charge is 2.15. The summed E-state index contributed by atoms with van der Waals surface area (Å²) in [6.07, 6.45) is 1.57. The van der Waals surface area contributed by atoms with Gasteiger partial charge in [-0.25, -0.2) is 8.42 Å². The van der Waals surface area contributed by atoms with Gasteiger partial charge in [0.25, 0.3) is 0 Å². The van der Waals surface area contributed by atoms with E-state index in [0.29, 0.717) is 24.5 Å². The Balaban J connectivity index is 0.00000625. The van der Waals surface area contributed by atoms with Crippen molar-refractivity contribution in [3.63, 3.8) is 0 Å². The monoisotopic (exact) mass is 545 g/mol. The Hall–Kier alpha value is -0.590. The summed E-state index contributed by atoms with van der Waals surface area (Å²) < 4.78 is 51.6. The van der Waals surface area contributed by atoms with Crippen LogP contribution in [0.1, 0.15) is 12.0 Å². The van der Waals surface area contributed by atoms with Crippen molar-refractivity contribution in [2.45, 2.75) is 19.6 Å². The molecule has 0 heterocycles. The van der Waals surface area contributed by atoms with Crippen LogP contribution in [0.2, 0.25) is 10.0 Å². The molecule has 0 atom stereocenters. The summed E-state index contributed by atoms with van der Waals surface area (Å²) in [5, 5.41) is 6.07. The molecule has 1 aromatic carbocycles. The molecule has 0 aliphatic rings. The van der Waals surface area contributed by atoms with Gasteiger partial charge in [0, 0.05) is 37.0 Å². The number of alkyl halides is 2. The van der Waals surface area contributed by atoms with E-state index in [-0.39, 0.29) is 52.1 Å². The number of benzene rings is 1. The number of nitrogens with zero attached hydrogens (tertiary/aromatic N) is 1. The predicted molar refractivity (Wildman–Crippen MR) is 111 cm³/mol. The molecule has 26 heavy (non-hydrogen) atoms. The van der Waals surface area contributed by atoms with Crippen molar-refractivity contribution in [3.05, 3.63) is 27.7 Å². The van der Waals surface area contributed by atoms with Crippen LogP contribution in [0.5, 0.6) is 5.75 Å². The van der Waals surface area contributed by atoms with Gasteiger partial charge >= 0.3 is 6.61 Å². The summed E-state index contributed by atoms with van der Waals surface area (Å²) in [6, 6.07) is 2.76. The van der Waals surface area contributed by atoms with E-state index in [1.807, 2.05) is 0 Å². The van der Waals surface area contributed by atoms with Crippen molar-refractivity contribution >= 4 is 63.0 Å². The van der Waals surface area contributed by atoms with Crippen LogP contribution in [-0.2, 0) is 16.4 Å². The summed E-state index contributed by atoms with van der Waals surface area (Å²) in [4.78, 5) is 3.96. The molecular weight excluding hydrogens is 526 g/mol. The zero-order valence-electron chi connectivity index (χ0n) is 14.1. The van der Waals surface area contributed by atoms with Gasteiger partial charge in [-0.2, -0.15) is 8.78 Å². The maximum atomic E-state index is 12.5. The van der Waals surface area contributed by atoms with E-state index in [1.54, 1.807) is 0 Å². The number of ether oxygens (including phenoxy) is 1. The number of hydrogen-bond acceptors (Lipinski definition) is 4. The number of guanidine groups is 1. The number of halogens is 5. The Morgan fingerprint density at radius 2 is 1.96 bits per heavy atom. The lowest BCUT2D eigenvalue weighted by Crippen LogP contribution is -2.37. The van der Waals surface area contributed by atoms with Gasteiger partial charge < -0.3 is 15.4 Å². The van der Waals surface area contributed by atoms with Crippen LogP contribution in [0.25, 0.3) is 0 Å². The molecule has 0 aliphatic heterocycles. The highest BCUT2D eigenvalue weighted by Crippen LogP contribution is 2.33. The maximum Gasteiger partial charge on any atom is 0.387 e. The minimum Gasteiger partial charge on any atom is -0.433 e. The minimum atomic E-state index is -3.03. The standard InChI is InChI=1S/C14H19Cl2F2N3O3S.HI/c1-19-14(20-4-3-5-25(2,22)23)21-8-9-6-10(15)7-11(16)12(9)24-13(17)18;/h6-7,13H,3-5,8H2,1-2H3,(H2,19,20,21);1H. The van der Waals surface area contributed by atoms with Crippen LogP contribution in [0.4, 0.5) is 8.78 Å². The molecule has 0 saturated heterocycles. The van der Waals surface area contributed by atoms with E-state index in [1.165, 1.54) is 19.2 Å². The van der Waals surface area contributed by atoms with E-state index < -0.39 is 16.4 Å². The molecule has 0 saturated carbocycles. The first-order valence-corrected chi connectivity index (χ1v) is 9.99. The van der Waals surface area contributed by atoms with Crippen LogP contribution in [0, 0.1) is 0 Å². The van der Waals surface area contributed by atoms with Crippen molar-refractivity contribution in [1.29, 1.82) is 0 Å². The van der Waals surface area contributed by atoms with Gasteiger partial charge in [0.05, 0.1) is 10.8 Å². The molecule has 0 unspecified atom stereocenters. The topological polar surface area (TPSA) is 79.8 Å². The molecule has 1 rings (SSSR count).